The third-order valence-corrected chi connectivity index (χ3v) is 3.98. The Labute approximate surface area is 104 Å². The average molecular weight is 246 g/mol. The van der Waals surface area contributed by atoms with Crippen LogP contribution in [0.4, 0.5) is 0 Å². The summed E-state index contributed by atoms with van der Waals surface area (Å²) in [4.78, 5) is 9.29. The average Bonchev–Trinajstić information content (AvgIpc) is 2.26. The van der Waals surface area contributed by atoms with Crippen LogP contribution in [0.3, 0.4) is 0 Å². The molecule has 0 aliphatic heterocycles. The highest BCUT2D eigenvalue weighted by Crippen LogP contribution is 2.27. The number of fused-ring (bicyclic) bond motifs is 1. The Hall–Kier alpha value is -1.32. The SMILES string of the molecule is CC(C)(C)c1ccc2cc(O)c([SiH2]O)cc2c1. The van der Waals surface area contributed by atoms with Crippen LogP contribution in [-0.2, 0) is 5.41 Å². The number of rotatable bonds is 1. The predicted molar refractivity (Wildman–Crippen MR) is 74.7 cm³/mol. The van der Waals surface area contributed by atoms with Gasteiger partial charge < -0.3 is 9.90 Å². The van der Waals surface area contributed by atoms with Crippen LogP contribution < -0.4 is 5.19 Å². The number of hydrogen-bond donors (Lipinski definition) is 2. The second-order valence-corrected chi connectivity index (χ2v) is 6.53. The van der Waals surface area contributed by atoms with Crippen LogP contribution in [0, 0.1) is 0 Å². The molecule has 2 nitrogen and oxygen atoms in total. The molecule has 0 spiro atoms. The van der Waals surface area contributed by atoms with Gasteiger partial charge in [0.1, 0.15) is 5.75 Å². The van der Waals surface area contributed by atoms with Crippen molar-refractivity contribution in [2.75, 3.05) is 0 Å². The van der Waals surface area contributed by atoms with E-state index < -0.39 is 9.76 Å². The maximum Gasteiger partial charge on any atom is 0.191 e. The smallest absolute Gasteiger partial charge is 0.191 e. The zero-order valence-electron chi connectivity index (χ0n) is 10.5. The van der Waals surface area contributed by atoms with Gasteiger partial charge in [0, 0.05) is 5.19 Å². The number of phenolic OH excluding ortho intramolecular Hbond substituents is 1. The fourth-order valence-corrected chi connectivity index (χ4v) is 2.50. The van der Waals surface area contributed by atoms with Gasteiger partial charge in [0.05, 0.1) is 0 Å². The Morgan fingerprint density at radius 3 is 2.29 bits per heavy atom. The van der Waals surface area contributed by atoms with Gasteiger partial charge in [0.2, 0.25) is 0 Å². The topological polar surface area (TPSA) is 40.5 Å². The van der Waals surface area contributed by atoms with Crippen LogP contribution in [0.1, 0.15) is 26.3 Å². The lowest BCUT2D eigenvalue weighted by molar-refractivity contribution is 0.479. The summed E-state index contributed by atoms with van der Waals surface area (Å²) in [6.45, 7) is 6.53. The first-order valence-electron chi connectivity index (χ1n) is 5.79. The van der Waals surface area contributed by atoms with Gasteiger partial charge in [0.25, 0.3) is 0 Å². The second-order valence-electron chi connectivity index (χ2n) is 5.45. The highest BCUT2D eigenvalue weighted by Gasteiger charge is 2.14. The zero-order valence-corrected chi connectivity index (χ0v) is 11.9. The maximum absolute atomic E-state index is 9.71. The van der Waals surface area contributed by atoms with Crippen molar-refractivity contribution in [2.45, 2.75) is 26.2 Å². The molecule has 17 heavy (non-hydrogen) atoms. The Morgan fingerprint density at radius 2 is 1.71 bits per heavy atom. The standard InChI is InChI=1S/C14H18O2Si/c1-14(2,3)11-5-4-9-7-12(15)13(17-16)8-10(9)6-11/h4-8,15-16H,17H2,1-3H3. The zero-order chi connectivity index (χ0) is 12.6. The Morgan fingerprint density at radius 1 is 1.00 bits per heavy atom. The van der Waals surface area contributed by atoms with Crippen LogP contribution in [0.5, 0.6) is 5.75 Å². The van der Waals surface area contributed by atoms with Crippen molar-refractivity contribution in [2.24, 2.45) is 0 Å². The Balaban J connectivity index is 2.65. The number of phenols is 1. The molecule has 0 heterocycles. The lowest BCUT2D eigenvalue weighted by atomic mass is 9.86. The molecule has 2 rings (SSSR count). The van der Waals surface area contributed by atoms with Gasteiger partial charge in [-0.3, -0.25) is 0 Å². The van der Waals surface area contributed by atoms with Gasteiger partial charge in [-0.05, 0) is 33.9 Å². The molecule has 0 bridgehead atoms. The fraction of sp³-hybridized carbons (Fsp3) is 0.286. The summed E-state index contributed by atoms with van der Waals surface area (Å²) < 4.78 is 0. The first-order valence-corrected chi connectivity index (χ1v) is 7.13. The van der Waals surface area contributed by atoms with E-state index in [4.69, 9.17) is 0 Å². The van der Waals surface area contributed by atoms with Crippen molar-refractivity contribution < 1.29 is 9.90 Å². The van der Waals surface area contributed by atoms with Crippen molar-refractivity contribution in [1.82, 2.24) is 0 Å². The van der Waals surface area contributed by atoms with Crippen LogP contribution in [0.15, 0.2) is 30.3 Å². The maximum atomic E-state index is 9.71. The van der Waals surface area contributed by atoms with Gasteiger partial charge in [-0.15, -0.1) is 0 Å². The van der Waals surface area contributed by atoms with Crippen molar-refractivity contribution >= 4 is 25.7 Å². The predicted octanol–water partition coefficient (Wildman–Crippen LogP) is 1.54. The molecule has 0 aromatic heterocycles. The van der Waals surface area contributed by atoms with Crippen LogP contribution in [0.2, 0.25) is 0 Å². The lowest BCUT2D eigenvalue weighted by Crippen LogP contribution is -2.14. The molecule has 0 saturated carbocycles. The van der Waals surface area contributed by atoms with Crippen molar-refractivity contribution in [1.29, 1.82) is 0 Å². The molecule has 0 unspecified atom stereocenters. The van der Waals surface area contributed by atoms with Gasteiger partial charge in [-0.25, -0.2) is 0 Å². The van der Waals surface area contributed by atoms with E-state index >= 15 is 0 Å². The van der Waals surface area contributed by atoms with E-state index in [1.807, 2.05) is 12.1 Å². The normalized spacial score (nSPS) is 12.7. The second kappa shape index (κ2) is 4.16. The van der Waals surface area contributed by atoms with Crippen LogP contribution >= 0.6 is 0 Å². The van der Waals surface area contributed by atoms with E-state index in [9.17, 15) is 9.90 Å². The molecule has 90 valence electrons. The summed E-state index contributed by atoms with van der Waals surface area (Å²) in [5.41, 5.74) is 1.38. The summed E-state index contributed by atoms with van der Waals surface area (Å²) in [6.07, 6.45) is 0. The molecule has 0 aliphatic carbocycles. The van der Waals surface area contributed by atoms with Crippen molar-refractivity contribution in [3.8, 4) is 5.75 Å². The van der Waals surface area contributed by atoms with Gasteiger partial charge in [0.15, 0.2) is 9.76 Å². The number of hydrogen-bond acceptors (Lipinski definition) is 2. The lowest BCUT2D eigenvalue weighted by Gasteiger charge is -2.19. The minimum Gasteiger partial charge on any atom is -0.508 e. The van der Waals surface area contributed by atoms with E-state index in [1.54, 1.807) is 6.07 Å². The monoisotopic (exact) mass is 246 g/mol. The van der Waals surface area contributed by atoms with Gasteiger partial charge in [-0.2, -0.15) is 0 Å². The molecule has 2 aromatic carbocycles. The number of aromatic hydroxyl groups is 1. The highest BCUT2D eigenvalue weighted by atomic mass is 28.2. The van der Waals surface area contributed by atoms with E-state index in [0.29, 0.717) is 5.19 Å². The summed E-state index contributed by atoms with van der Waals surface area (Å²) in [7, 11) is -1.32. The molecule has 0 atom stereocenters. The fourth-order valence-electron chi connectivity index (χ4n) is 1.93. The highest BCUT2D eigenvalue weighted by molar-refractivity contribution is 6.47. The molecule has 0 aliphatic rings. The molecular formula is C14H18O2Si. The summed E-state index contributed by atoms with van der Waals surface area (Å²) >= 11 is 0. The molecule has 0 fully saturated rings. The molecule has 3 heteroatoms. The van der Waals surface area contributed by atoms with E-state index in [0.717, 1.165) is 10.8 Å². The summed E-state index contributed by atoms with van der Waals surface area (Å²) in [6, 6.07) is 9.91. The molecule has 2 aromatic rings. The minimum absolute atomic E-state index is 0.114. The first kappa shape index (κ1) is 12.1. The molecule has 0 radical (unpaired) electrons. The quantitative estimate of drug-likeness (QED) is 0.749. The van der Waals surface area contributed by atoms with Crippen LogP contribution in [0.25, 0.3) is 10.8 Å². The van der Waals surface area contributed by atoms with Crippen LogP contribution in [-0.4, -0.2) is 19.7 Å². The molecule has 2 N–H and O–H groups in total. The summed E-state index contributed by atoms with van der Waals surface area (Å²) in [5.74, 6) is 0.218. The van der Waals surface area contributed by atoms with Gasteiger partial charge in [-0.1, -0.05) is 39.0 Å². The third-order valence-electron chi connectivity index (χ3n) is 3.07. The largest absolute Gasteiger partial charge is 0.508 e. The Bertz CT molecular complexity index is 556. The number of benzene rings is 2. The molecular weight excluding hydrogens is 228 g/mol. The molecule has 0 saturated heterocycles. The van der Waals surface area contributed by atoms with E-state index in [2.05, 4.69) is 32.9 Å². The van der Waals surface area contributed by atoms with Gasteiger partial charge >= 0.3 is 0 Å². The molecule has 0 amide bonds. The van der Waals surface area contributed by atoms with E-state index in [-0.39, 0.29) is 11.2 Å². The minimum atomic E-state index is -1.32. The van der Waals surface area contributed by atoms with Crippen molar-refractivity contribution in [3.05, 3.63) is 35.9 Å². The summed E-state index contributed by atoms with van der Waals surface area (Å²) in [5, 5.41) is 12.5. The third kappa shape index (κ3) is 2.35. The van der Waals surface area contributed by atoms with E-state index in [1.165, 1.54) is 5.56 Å². The first-order chi connectivity index (χ1) is 7.91. The Kier molecular flexibility index (Phi) is 2.97. The van der Waals surface area contributed by atoms with Crippen molar-refractivity contribution in [3.63, 3.8) is 0 Å².